The fourth-order valence-electron chi connectivity index (χ4n) is 2.41. The van der Waals surface area contributed by atoms with Crippen molar-refractivity contribution in [2.75, 3.05) is 19.0 Å². The van der Waals surface area contributed by atoms with E-state index in [4.69, 9.17) is 11.6 Å². The van der Waals surface area contributed by atoms with E-state index in [9.17, 15) is 8.42 Å². The van der Waals surface area contributed by atoms with E-state index in [1.54, 1.807) is 10.4 Å². The first-order chi connectivity index (χ1) is 9.07. The third-order valence-electron chi connectivity index (χ3n) is 3.72. The van der Waals surface area contributed by atoms with Gasteiger partial charge in [-0.2, -0.15) is 4.31 Å². The molecule has 1 aromatic rings. The molecule has 1 aromatic heterocycles. The number of halogens is 1. The van der Waals surface area contributed by atoms with Gasteiger partial charge in [-0.05, 0) is 37.3 Å². The SMILES string of the molecule is CCC1CCN(S(=O)(=O)c2ccc(CCCl)s2)CC1. The Morgan fingerprint density at radius 2 is 2.05 bits per heavy atom. The largest absolute Gasteiger partial charge is 0.252 e. The number of piperidine rings is 1. The van der Waals surface area contributed by atoms with Gasteiger partial charge in [-0.1, -0.05) is 13.3 Å². The first-order valence-electron chi connectivity index (χ1n) is 6.72. The molecule has 0 aromatic carbocycles. The minimum atomic E-state index is -3.28. The lowest BCUT2D eigenvalue weighted by molar-refractivity contribution is 0.269. The zero-order chi connectivity index (χ0) is 13.9. The van der Waals surface area contributed by atoms with E-state index in [0.29, 0.717) is 29.1 Å². The van der Waals surface area contributed by atoms with Gasteiger partial charge in [0, 0.05) is 23.8 Å². The van der Waals surface area contributed by atoms with E-state index < -0.39 is 10.0 Å². The number of thiophene rings is 1. The minimum absolute atomic E-state index is 0.461. The summed E-state index contributed by atoms with van der Waals surface area (Å²) in [5, 5.41) is 0. The van der Waals surface area contributed by atoms with Crippen molar-refractivity contribution in [1.29, 1.82) is 0 Å². The fourth-order valence-corrected chi connectivity index (χ4v) is 5.70. The van der Waals surface area contributed by atoms with Crippen LogP contribution in [0.15, 0.2) is 16.3 Å². The van der Waals surface area contributed by atoms with E-state index in [1.807, 2.05) is 6.07 Å². The molecule has 108 valence electrons. The molecule has 3 nitrogen and oxygen atoms in total. The Labute approximate surface area is 124 Å². The standard InChI is InChI=1S/C13H20ClNO2S2/c1-2-11-6-9-15(10-7-11)19(16,17)13-4-3-12(18-13)5-8-14/h3-4,11H,2,5-10H2,1H3. The molecule has 1 aliphatic heterocycles. The maximum absolute atomic E-state index is 12.5. The van der Waals surface area contributed by atoms with Crippen molar-refractivity contribution < 1.29 is 8.42 Å². The third-order valence-corrected chi connectivity index (χ3v) is 7.42. The highest BCUT2D eigenvalue weighted by Gasteiger charge is 2.29. The number of rotatable bonds is 5. The Kier molecular flexibility index (Phi) is 5.29. The molecule has 0 bridgehead atoms. The lowest BCUT2D eigenvalue weighted by atomic mass is 9.96. The highest BCUT2D eigenvalue weighted by Crippen LogP contribution is 2.29. The van der Waals surface area contributed by atoms with Crippen molar-refractivity contribution in [2.24, 2.45) is 5.92 Å². The average Bonchev–Trinajstić information content (AvgIpc) is 2.89. The molecule has 0 atom stereocenters. The number of nitrogens with zero attached hydrogens (tertiary/aromatic N) is 1. The van der Waals surface area contributed by atoms with Crippen LogP contribution in [0.3, 0.4) is 0 Å². The van der Waals surface area contributed by atoms with Gasteiger partial charge in [-0.25, -0.2) is 8.42 Å². The molecule has 6 heteroatoms. The smallest absolute Gasteiger partial charge is 0.206 e. The van der Waals surface area contributed by atoms with Crippen LogP contribution in [-0.2, 0) is 16.4 Å². The summed E-state index contributed by atoms with van der Waals surface area (Å²) in [5.74, 6) is 1.21. The van der Waals surface area contributed by atoms with Gasteiger partial charge in [-0.3, -0.25) is 0 Å². The van der Waals surface area contributed by atoms with Gasteiger partial charge in [0.05, 0.1) is 0 Å². The molecule has 1 saturated heterocycles. The van der Waals surface area contributed by atoms with E-state index in [2.05, 4.69) is 6.92 Å². The first-order valence-corrected chi connectivity index (χ1v) is 9.52. The van der Waals surface area contributed by atoms with Crippen LogP contribution in [0.5, 0.6) is 0 Å². The molecular formula is C13H20ClNO2S2. The Balaban J connectivity index is 2.09. The third kappa shape index (κ3) is 3.51. The minimum Gasteiger partial charge on any atom is -0.206 e. The summed E-state index contributed by atoms with van der Waals surface area (Å²) >= 11 is 7.04. The van der Waals surface area contributed by atoms with Gasteiger partial charge in [0.1, 0.15) is 4.21 Å². The summed E-state index contributed by atoms with van der Waals surface area (Å²) in [4.78, 5) is 1.04. The topological polar surface area (TPSA) is 37.4 Å². The van der Waals surface area contributed by atoms with E-state index in [1.165, 1.54) is 11.3 Å². The molecule has 19 heavy (non-hydrogen) atoms. The molecule has 0 amide bonds. The zero-order valence-electron chi connectivity index (χ0n) is 11.1. The van der Waals surface area contributed by atoms with E-state index in [0.717, 1.165) is 30.6 Å². The number of alkyl halides is 1. The van der Waals surface area contributed by atoms with Gasteiger partial charge in [-0.15, -0.1) is 22.9 Å². The second-order valence-corrected chi connectivity index (χ2v) is 8.63. The van der Waals surface area contributed by atoms with Crippen LogP contribution >= 0.6 is 22.9 Å². The Hall–Kier alpha value is -0.100. The molecule has 0 saturated carbocycles. The lowest BCUT2D eigenvalue weighted by Gasteiger charge is -2.30. The van der Waals surface area contributed by atoms with Gasteiger partial charge < -0.3 is 0 Å². The fraction of sp³-hybridized carbons (Fsp3) is 0.692. The molecule has 0 N–H and O–H groups in total. The summed E-state index contributed by atoms with van der Waals surface area (Å²) < 4.78 is 27.1. The van der Waals surface area contributed by atoms with Crippen molar-refractivity contribution in [3.8, 4) is 0 Å². The first kappa shape index (κ1) is 15.3. The van der Waals surface area contributed by atoms with Crippen molar-refractivity contribution in [1.82, 2.24) is 4.31 Å². The molecular weight excluding hydrogens is 302 g/mol. The molecule has 1 fully saturated rings. The van der Waals surface area contributed by atoms with Crippen LogP contribution in [0, 0.1) is 5.92 Å². The summed E-state index contributed by atoms with van der Waals surface area (Å²) in [5.41, 5.74) is 0. The predicted octanol–water partition coefficient (Wildman–Crippen LogP) is 3.34. The van der Waals surface area contributed by atoms with Crippen molar-refractivity contribution >= 4 is 33.0 Å². The van der Waals surface area contributed by atoms with Crippen LogP contribution in [0.25, 0.3) is 0 Å². The molecule has 1 aliphatic rings. The lowest BCUT2D eigenvalue weighted by Crippen LogP contribution is -2.37. The quantitative estimate of drug-likeness (QED) is 0.780. The van der Waals surface area contributed by atoms with Gasteiger partial charge in [0.15, 0.2) is 0 Å². The van der Waals surface area contributed by atoms with Crippen LogP contribution < -0.4 is 0 Å². The Morgan fingerprint density at radius 3 is 2.63 bits per heavy atom. The van der Waals surface area contributed by atoms with Gasteiger partial charge >= 0.3 is 0 Å². The van der Waals surface area contributed by atoms with Crippen molar-refractivity contribution in [3.05, 3.63) is 17.0 Å². The van der Waals surface area contributed by atoms with Gasteiger partial charge in [0.25, 0.3) is 10.0 Å². The van der Waals surface area contributed by atoms with E-state index in [-0.39, 0.29) is 0 Å². The summed E-state index contributed by atoms with van der Waals surface area (Å²) in [6, 6.07) is 3.59. The number of sulfonamides is 1. The van der Waals surface area contributed by atoms with Crippen LogP contribution in [0.1, 0.15) is 31.1 Å². The highest BCUT2D eigenvalue weighted by atomic mass is 35.5. The van der Waals surface area contributed by atoms with Crippen molar-refractivity contribution in [2.45, 2.75) is 36.8 Å². The molecule has 0 spiro atoms. The normalized spacial score (nSPS) is 18.8. The molecule has 2 heterocycles. The molecule has 0 radical (unpaired) electrons. The van der Waals surface area contributed by atoms with E-state index >= 15 is 0 Å². The van der Waals surface area contributed by atoms with Crippen LogP contribution in [-0.4, -0.2) is 31.7 Å². The van der Waals surface area contributed by atoms with Gasteiger partial charge in [0.2, 0.25) is 0 Å². The number of hydrogen-bond acceptors (Lipinski definition) is 3. The maximum atomic E-state index is 12.5. The van der Waals surface area contributed by atoms with Crippen LogP contribution in [0.2, 0.25) is 0 Å². The molecule has 0 aliphatic carbocycles. The monoisotopic (exact) mass is 321 g/mol. The Bertz CT molecular complexity index is 504. The summed E-state index contributed by atoms with van der Waals surface area (Å²) in [6.07, 6.45) is 3.84. The van der Waals surface area contributed by atoms with Crippen molar-refractivity contribution in [3.63, 3.8) is 0 Å². The molecule has 0 unspecified atom stereocenters. The number of aryl methyl sites for hydroxylation is 1. The molecule has 2 rings (SSSR count). The second-order valence-electron chi connectivity index (χ2n) is 4.92. The van der Waals surface area contributed by atoms with Crippen LogP contribution in [0.4, 0.5) is 0 Å². The zero-order valence-corrected chi connectivity index (χ0v) is 13.5. The summed E-state index contributed by atoms with van der Waals surface area (Å²) in [7, 11) is -3.28. The Morgan fingerprint density at radius 1 is 1.37 bits per heavy atom. The second kappa shape index (κ2) is 6.57. The average molecular weight is 322 g/mol. The predicted molar refractivity (Wildman–Crippen MR) is 80.5 cm³/mol. The highest BCUT2D eigenvalue weighted by molar-refractivity contribution is 7.91. The maximum Gasteiger partial charge on any atom is 0.252 e. The number of hydrogen-bond donors (Lipinski definition) is 0. The summed E-state index contributed by atoms with van der Waals surface area (Å²) in [6.45, 7) is 3.49.